The molecule has 1 N–H and O–H groups in total. The molecule has 24 heavy (non-hydrogen) atoms. The Morgan fingerprint density at radius 3 is 2.58 bits per heavy atom. The number of carbonyl (C=O) groups is 2. The van der Waals surface area contributed by atoms with Crippen LogP contribution in [0.15, 0.2) is 52.9 Å². The van der Waals surface area contributed by atoms with Crippen molar-refractivity contribution in [1.29, 1.82) is 0 Å². The average molecular weight is 319 g/mol. The molecule has 3 aromatic rings. The molecule has 2 heterocycles. The van der Waals surface area contributed by atoms with Crippen molar-refractivity contribution in [2.24, 2.45) is 0 Å². The first-order chi connectivity index (χ1) is 11.7. The molecule has 118 valence electrons. The number of fused-ring (bicyclic) bond motifs is 2. The molecule has 0 radical (unpaired) electrons. The van der Waals surface area contributed by atoms with Crippen LogP contribution < -0.4 is 10.1 Å². The third-order valence-electron chi connectivity index (χ3n) is 3.97. The number of rotatable bonds is 2. The fourth-order valence-electron chi connectivity index (χ4n) is 2.85. The molecular weight excluding hydrogens is 306 g/mol. The zero-order valence-electron chi connectivity index (χ0n) is 12.8. The molecule has 5 heteroatoms. The lowest BCUT2D eigenvalue weighted by Gasteiger charge is -2.17. The van der Waals surface area contributed by atoms with Gasteiger partial charge in [-0.2, -0.15) is 0 Å². The van der Waals surface area contributed by atoms with E-state index in [0.29, 0.717) is 33.8 Å². The van der Waals surface area contributed by atoms with Crippen LogP contribution in [0.25, 0.3) is 22.6 Å². The molecule has 0 saturated heterocycles. The van der Waals surface area contributed by atoms with E-state index in [9.17, 15) is 9.59 Å². The molecule has 2 aromatic carbocycles. The molecule has 0 fully saturated rings. The van der Waals surface area contributed by atoms with Gasteiger partial charge < -0.3 is 9.15 Å². The highest BCUT2D eigenvalue weighted by Gasteiger charge is 2.27. The monoisotopic (exact) mass is 319 g/mol. The maximum atomic E-state index is 12.2. The number of nitrogens with one attached hydrogen (secondary N) is 1. The molecule has 0 bridgehead atoms. The summed E-state index contributed by atoms with van der Waals surface area (Å²) in [4.78, 5) is 24.2. The normalized spacial score (nSPS) is 15.5. The van der Waals surface area contributed by atoms with E-state index in [1.807, 2.05) is 24.3 Å². The molecule has 1 aliphatic heterocycles. The third-order valence-corrected chi connectivity index (χ3v) is 3.97. The molecule has 2 amide bonds. The zero-order chi connectivity index (χ0) is 16.7. The van der Waals surface area contributed by atoms with Gasteiger partial charge in [0.2, 0.25) is 0 Å². The second kappa shape index (κ2) is 5.38. The summed E-state index contributed by atoms with van der Waals surface area (Å²) in [6.07, 6.45) is 1.64. The number of amides is 2. The molecule has 0 atom stereocenters. The van der Waals surface area contributed by atoms with Crippen LogP contribution in [0.2, 0.25) is 0 Å². The second-order valence-electron chi connectivity index (χ2n) is 5.41. The maximum absolute atomic E-state index is 12.2. The van der Waals surface area contributed by atoms with Gasteiger partial charge in [-0.25, -0.2) is 0 Å². The fourth-order valence-corrected chi connectivity index (χ4v) is 2.85. The Kier molecular flexibility index (Phi) is 3.20. The Balaban J connectivity index is 1.88. The number of methoxy groups -OCH3 is 1. The molecule has 0 saturated carbocycles. The van der Waals surface area contributed by atoms with Gasteiger partial charge in [-0.3, -0.25) is 14.9 Å². The Hall–Kier alpha value is -3.34. The van der Waals surface area contributed by atoms with Crippen LogP contribution in [-0.2, 0) is 4.79 Å². The van der Waals surface area contributed by atoms with Gasteiger partial charge in [-0.1, -0.05) is 30.3 Å². The van der Waals surface area contributed by atoms with E-state index in [1.54, 1.807) is 37.5 Å². The Labute approximate surface area is 137 Å². The van der Waals surface area contributed by atoms with Crippen LogP contribution in [0.3, 0.4) is 0 Å². The van der Waals surface area contributed by atoms with Crippen molar-refractivity contribution in [3.8, 4) is 5.75 Å². The SMILES string of the molecule is COc1cccc2cc(C=C3C(=O)NC(=O)c4ccccc43)oc12. The number of furan rings is 1. The van der Waals surface area contributed by atoms with Crippen LogP contribution in [-0.4, -0.2) is 18.9 Å². The first kappa shape index (κ1) is 14.3. The van der Waals surface area contributed by atoms with Crippen LogP contribution in [0.5, 0.6) is 5.75 Å². The number of para-hydroxylation sites is 1. The topological polar surface area (TPSA) is 68.5 Å². The second-order valence-corrected chi connectivity index (χ2v) is 5.41. The lowest BCUT2D eigenvalue weighted by molar-refractivity contribution is -0.114. The molecule has 4 rings (SSSR count). The lowest BCUT2D eigenvalue weighted by Crippen LogP contribution is -2.36. The Bertz CT molecular complexity index is 1010. The minimum atomic E-state index is -0.439. The van der Waals surface area contributed by atoms with Crippen molar-refractivity contribution in [1.82, 2.24) is 5.32 Å². The van der Waals surface area contributed by atoms with Crippen LogP contribution >= 0.6 is 0 Å². The largest absolute Gasteiger partial charge is 0.493 e. The first-order valence-electron chi connectivity index (χ1n) is 7.40. The standard InChI is InChI=1S/C19H13NO4/c1-23-16-8-4-5-11-9-12(24-17(11)16)10-15-13-6-2-3-7-14(13)18(21)20-19(15)22/h2-10H,1H3,(H,20,21,22). The van der Waals surface area contributed by atoms with E-state index in [4.69, 9.17) is 9.15 Å². The summed E-state index contributed by atoms with van der Waals surface area (Å²) in [5.41, 5.74) is 2.08. The first-order valence-corrected chi connectivity index (χ1v) is 7.40. The number of hydrogen-bond acceptors (Lipinski definition) is 4. The van der Waals surface area contributed by atoms with Crippen molar-refractivity contribution in [2.75, 3.05) is 7.11 Å². The van der Waals surface area contributed by atoms with Gasteiger partial charge in [0.05, 0.1) is 12.7 Å². The zero-order valence-corrected chi connectivity index (χ0v) is 12.8. The smallest absolute Gasteiger partial charge is 0.258 e. The van der Waals surface area contributed by atoms with E-state index in [1.165, 1.54) is 0 Å². The summed E-state index contributed by atoms with van der Waals surface area (Å²) < 4.78 is 11.1. The van der Waals surface area contributed by atoms with E-state index in [-0.39, 0.29) is 5.91 Å². The predicted octanol–water partition coefficient (Wildman–Crippen LogP) is 3.25. The van der Waals surface area contributed by atoms with Gasteiger partial charge in [-0.15, -0.1) is 0 Å². The van der Waals surface area contributed by atoms with E-state index >= 15 is 0 Å². The minimum absolute atomic E-state index is 0.390. The van der Waals surface area contributed by atoms with Crippen molar-refractivity contribution in [2.45, 2.75) is 0 Å². The maximum Gasteiger partial charge on any atom is 0.258 e. The van der Waals surface area contributed by atoms with Crippen LogP contribution in [0.1, 0.15) is 21.7 Å². The van der Waals surface area contributed by atoms with Gasteiger partial charge in [0.15, 0.2) is 11.3 Å². The summed E-state index contributed by atoms with van der Waals surface area (Å²) >= 11 is 0. The summed E-state index contributed by atoms with van der Waals surface area (Å²) in [5, 5.41) is 3.23. The van der Waals surface area contributed by atoms with Gasteiger partial charge in [0, 0.05) is 16.5 Å². The predicted molar refractivity (Wildman–Crippen MR) is 89.6 cm³/mol. The molecule has 0 spiro atoms. The average Bonchev–Trinajstić information content (AvgIpc) is 3.01. The highest BCUT2D eigenvalue weighted by Crippen LogP contribution is 2.31. The highest BCUT2D eigenvalue weighted by molar-refractivity contribution is 6.33. The van der Waals surface area contributed by atoms with E-state index in [0.717, 1.165) is 5.39 Å². The summed E-state index contributed by atoms with van der Waals surface area (Å²) in [6.45, 7) is 0. The minimum Gasteiger partial charge on any atom is -0.493 e. The quantitative estimate of drug-likeness (QED) is 0.581. The molecule has 5 nitrogen and oxygen atoms in total. The number of carbonyl (C=O) groups excluding carboxylic acids is 2. The van der Waals surface area contributed by atoms with Crippen LogP contribution in [0.4, 0.5) is 0 Å². The Morgan fingerprint density at radius 1 is 1.00 bits per heavy atom. The molecule has 0 unspecified atom stereocenters. The number of benzene rings is 2. The van der Waals surface area contributed by atoms with E-state index < -0.39 is 5.91 Å². The molecule has 0 aliphatic carbocycles. The summed E-state index contributed by atoms with van der Waals surface area (Å²) in [6, 6.07) is 14.4. The van der Waals surface area contributed by atoms with E-state index in [2.05, 4.69) is 5.32 Å². The lowest BCUT2D eigenvalue weighted by atomic mass is 9.94. The van der Waals surface area contributed by atoms with Gasteiger partial charge >= 0.3 is 0 Å². The third kappa shape index (κ3) is 2.18. The van der Waals surface area contributed by atoms with Crippen molar-refractivity contribution in [3.63, 3.8) is 0 Å². The summed E-state index contributed by atoms with van der Waals surface area (Å²) in [7, 11) is 1.58. The number of imide groups is 1. The van der Waals surface area contributed by atoms with Gasteiger partial charge in [0.1, 0.15) is 5.76 Å². The van der Waals surface area contributed by atoms with Gasteiger partial charge in [0.25, 0.3) is 11.8 Å². The van der Waals surface area contributed by atoms with Crippen LogP contribution in [0, 0.1) is 0 Å². The summed E-state index contributed by atoms with van der Waals surface area (Å²) in [5.74, 6) is 0.315. The highest BCUT2D eigenvalue weighted by atomic mass is 16.5. The molecule has 1 aromatic heterocycles. The molecular formula is C19H13NO4. The van der Waals surface area contributed by atoms with Crippen molar-refractivity contribution >= 4 is 34.4 Å². The van der Waals surface area contributed by atoms with Crippen molar-refractivity contribution < 1.29 is 18.7 Å². The fraction of sp³-hybridized carbons (Fsp3) is 0.0526. The van der Waals surface area contributed by atoms with Crippen molar-refractivity contribution in [3.05, 3.63) is 65.4 Å². The number of hydrogen-bond donors (Lipinski definition) is 1. The number of ether oxygens (including phenoxy) is 1. The Morgan fingerprint density at radius 2 is 1.79 bits per heavy atom. The van der Waals surface area contributed by atoms with Gasteiger partial charge in [-0.05, 0) is 24.3 Å². The molecule has 1 aliphatic rings.